The molecule has 0 fully saturated rings. The average molecular weight is 618 g/mol. The van der Waals surface area contributed by atoms with Crippen LogP contribution in [-0.2, 0) is 25.6 Å². The lowest BCUT2D eigenvalue weighted by molar-refractivity contribution is -0.144. The molecule has 0 aromatic carbocycles. The molecule has 0 bridgehead atoms. The molecule has 1 heterocycles. The molecule has 0 radical (unpaired) electrons. The third kappa shape index (κ3) is 24.2. The van der Waals surface area contributed by atoms with Crippen LogP contribution in [0.15, 0.2) is 30.4 Å². The summed E-state index contributed by atoms with van der Waals surface area (Å²) in [4.78, 5) is 30.8. The summed E-state index contributed by atoms with van der Waals surface area (Å²) in [5, 5.41) is 0. The maximum Gasteiger partial charge on any atom is 0.309 e. The van der Waals surface area contributed by atoms with Crippen molar-refractivity contribution in [3.63, 3.8) is 0 Å². The highest BCUT2D eigenvalue weighted by molar-refractivity contribution is 5.71. The quantitative estimate of drug-likeness (QED) is 0.0487. The van der Waals surface area contributed by atoms with Crippen LogP contribution in [0.2, 0.25) is 0 Å². The SMILES string of the molecule is CCCC/C(C)=C/CC(=O)OCCCCCCN(CCCCCCCOC(=O)CCC(C)CCCC)CCCn1ccnc1. The second kappa shape index (κ2) is 28.3. The molecule has 1 atom stereocenters. The maximum absolute atomic E-state index is 12.0. The number of aryl methyl sites for hydroxylation is 1. The van der Waals surface area contributed by atoms with Gasteiger partial charge < -0.3 is 18.9 Å². The van der Waals surface area contributed by atoms with Gasteiger partial charge in [0.1, 0.15) is 0 Å². The van der Waals surface area contributed by atoms with Crippen LogP contribution >= 0.6 is 0 Å². The molecule has 0 saturated carbocycles. The monoisotopic (exact) mass is 618 g/mol. The summed E-state index contributed by atoms with van der Waals surface area (Å²) >= 11 is 0. The highest BCUT2D eigenvalue weighted by atomic mass is 16.5. The Bertz CT molecular complexity index is 840. The highest BCUT2D eigenvalue weighted by Gasteiger charge is 2.08. The van der Waals surface area contributed by atoms with Crippen molar-refractivity contribution in [2.45, 2.75) is 156 Å². The van der Waals surface area contributed by atoms with Crippen molar-refractivity contribution in [3.05, 3.63) is 30.4 Å². The standard InChI is InChI=1S/C37H67N3O4/c1-5-7-19-34(3)21-23-36(41)43-31-16-12-9-10-14-26-39(28-18-29-40-30-25-38-33-40)27-15-11-13-17-32-44-37(42)24-22-35(4)20-8-6-2/h22,25,30,33-34H,5-21,23-24,26-29,31-32H2,1-4H3/b35-22+. The van der Waals surface area contributed by atoms with E-state index in [4.69, 9.17) is 9.47 Å². The zero-order valence-electron chi connectivity index (χ0n) is 29.0. The molecule has 7 heteroatoms. The van der Waals surface area contributed by atoms with E-state index < -0.39 is 0 Å². The third-order valence-corrected chi connectivity index (χ3v) is 8.40. The van der Waals surface area contributed by atoms with Gasteiger partial charge in [-0.25, -0.2) is 4.98 Å². The van der Waals surface area contributed by atoms with Crippen molar-refractivity contribution < 1.29 is 19.1 Å². The van der Waals surface area contributed by atoms with E-state index in [1.54, 1.807) is 0 Å². The molecule has 254 valence electrons. The highest BCUT2D eigenvalue weighted by Crippen LogP contribution is 2.15. The number of nitrogens with zero attached hydrogens (tertiary/aromatic N) is 3. The van der Waals surface area contributed by atoms with Crippen LogP contribution < -0.4 is 0 Å². The normalized spacial score (nSPS) is 12.5. The van der Waals surface area contributed by atoms with Crippen LogP contribution in [0, 0.1) is 5.92 Å². The van der Waals surface area contributed by atoms with E-state index in [-0.39, 0.29) is 11.9 Å². The minimum absolute atomic E-state index is 0.0265. The van der Waals surface area contributed by atoms with E-state index in [2.05, 4.69) is 42.1 Å². The number of allylic oxidation sites excluding steroid dienone is 1. The summed E-state index contributed by atoms with van der Waals surface area (Å²) in [7, 11) is 0. The second-order valence-corrected chi connectivity index (χ2v) is 12.8. The van der Waals surface area contributed by atoms with Crippen molar-refractivity contribution >= 4 is 11.9 Å². The van der Waals surface area contributed by atoms with Gasteiger partial charge >= 0.3 is 11.9 Å². The number of rotatable bonds is 30. The summed E-state index contributed by atoms with van der Waals surface area (Å²) in [5.41, 5.74) is 1.29. The second-order valence-electron chi connectivity index (χ2n) is 12.8. The number of hydrogen-bond acceptors (Lipinski definition) is 6. The van der Waals surface area contributed by atoms with Crippen molar-refractivity contribution in [1.29, 1.82) is 0 Å². The number of aromatic nitrogens is 2. The number of ether oxygens (including phenoxy) is 2. The summed E-state index contributed by atoms with van der Waals surface area (Å²) in [6, 6.07) is 0. The Morgan fingerprint density at radius 3 is 2.02 bits per heavy atom. The summed E-state index contributed by atoms with van der Waals surface area (Å²) < 4.78 is 13.0. The lowest BCUT2D eigenvalue weighted by Crippen LogP contribution is -2.28. The number of imidazole rings is 1. The maximum atomic E-state index is 12.0. The molecular formula is C37H67N3O4. The first kappa shape index (κ1) is 39.9. The van der Waals surface area contributed by atoms with Crippen LogP contribution in [0.4, 0.5) is 0 Å². The van der Waals surface area contributed by atoms with Gasteiger partial charge in [0.25, 0.3) is 0 Å². The first-order valence-electron chi connectivity index (χ1n) is 18.1. The zero-order valence-corrected chi connectivity index (χ0v) is 29.0. The van der Waals surface area contributed by atoms with E-state index in [1.165, 1.54) is 69.8 Å². The smallest absolute Gasteiger partial charge is 0.309 e. The topological polar surface area (TPSA) is 73.7 Å². The van der Waals surface area contributed by atoms with Gasteiger partial charge in [-0.2, -0.15) is 0 Å². The van der Waals surface area contributed by atoms with E-state index in [1.807, 2.05) is 24.8 Å². The van der Waals surface area contributed by atoms with Gasteiger partial charge in [-0.3, -0.25) is 9.59 Å². The van der Waals surface area contributed by atoms with E-state index >= 15 is 0 Å². The fraction of sp³-hybridized carbons (Fsp3) is 0.811. The van der Waals surface area contributed by atoms with Gasteiger partial charge in [0.2, 0.25) is 0 Å². The Morgan fingerprint density at radius 1 is 0.773 bits per heavy atom. The fourth-order valence-electron chi connectivity index (χ4n) is 5.37. The molecule has 1 unspecified atom stereocenters. The van der Waals surface area contributed by atoms with E-state index in [9.17, 15) is 9.59 Å². The van der Waals surface area contributed by atoms with Gasteiger partial charge in [0.05, 0.1) is 26.0 Å². The lowest BCUT2D eigenvalue weighted by Gasteiger charge is -2.22. The molecule has 0 N–H and O–H groups in total. The minimum Gasteiger partial charge on any atom is -0.466 e. The molecule has 0 aliphatic heterocycles. The Kier molecular flexibility index (Phi) is 25.7. The van der Waals surface area contributed by atoms with Gasteiger partial charge in [0.15, 0.2) is 0 Å². The number of unbranched alkanes of at least 4 members (excludes halogenated alkanes) is 9. The zero-order chi connectivity index (χ0) is 32.1. The Balaban J connectivity index is 2.16. The van der Waals surface area contributed by atoms with Crippen molar-refractivity contribution in [1.82, 2.24) is 14.5 Å². The number of hydrogen-bond donors (Lipinski definition) is 0. The average Bonchev–Trinajstić information content (AvgIpc) is 3.54. The van der Waals surface area contributed by atoms with Crippen LogP contribution in [0.25, 0.3) is 0 Å². The van der Waals surface area contributed by atoms with Crippen molar-refractivity contribution in [3.8, 4) is 0 Å². The summed E-state index contributed by atoms with van der Waals surface area (Å²) in [6.45, 7) is 14.2. The van der Waals surface area contributed by atoms with Crippen LogP contribution in [-0.4, -0.2) is 59.2 Å². The van der Waals surface area contributed by atoms with Crippen LogP contribution in [0.1, 0.15) is 150 Å². The molecular weight excluding hydrogens is 550 g/mol. The number of carbonyl (C=O) groups excluding carboxylic acids is 2. The molecule has 1 aromatic heterocycles. The Hall–Kier alpha value is -2.15. The lowest BCUT2D eigenvalue weighted by atomic mass is 9.99. The molecule has 0 aliphatic rings. The molecule has 1 rings (SSSR count). The van der Waals surface area contributed by atoms with Crippen LogP contribution in [0.5, 0.6) is 0 Å². The molecule has 0 saturated heterocycles. The summed E-state index contributed by atoms with van der Waals surface area (Å²) in [5.74, 6) is 0.483. The van der Waals surface area contributed by atoms with E-state index in [0.717, 1.165) is 71.1 Å². The molecule has 44 heavy (non-hydrogen) atoms. The van der Waals surface area contributed by atoms with Gasteiger partial charge in [-0.15, -0.1) is 0 Å². The van der Waals surface area contributed by atoms with Crippen molar-refractivity contribution in [2.24, 2.45) is 5.92 Å². The van der Waals surface area contributed by atoms with Crippen LogP contribution in [0.3, 0.4) is 0 Å². The van der Waals surface area contributed by atoms with E-state index in [0.29, 0.717) is 32.0 Å². The molecule has 0 aliphatic carbocycles. The molecule has 0 amide bonds. The largest absolute Gasteiger partial charge is 0.466 e. The fourth-order valence-corrected chi connectivity index (χ4v) is 5.37. The Labute approximate surface area is 270 Å². The number of carbonyl (C=O) groups is 2. The first-order valence-corrected chi connectivity index (χ1v) is 18.1. The first-order chi connectivity index (χ1) is 21.4. The predicted octanol–water partition coefficient (Wildman–Crippen LogP) is 9.31. The number of esters is 2. The Morgan fingerprint density at radius 2 is 1.39 bits per heavy atom. The predicted molar refractivity (Wildman–Crippen MR) is 183 cm³/mol. The minimum atomic E-state index is -0.103. The van der Waals surface area contributed by atoms with Crippen molar-refractivity contribution in [2.75, 3.05) is 32.8 Å². The van der Waals surface area contributed by atoms with Gasteiger partial charge in [-0.05, 0) is 83.8 Å². The van der Waals surface area contributed by atoms with Gasteiger partial charge in [-0.1, -0.05) is 90.2 Å². The summed E-state index contributed by atoms with van der Waals surface area (Å²) in [6.07, 6.45) is 28.1. The molecule has 0 spiro atoms. The third-order valence-electron chi connectivity index (χ3n) is 8.40. The molecule has 1 aromatic rings. The van der Waals surface area contributed by atoms with Gasteiger partial charge in [0, 0.05) is 25.4 Å². The molecule has 7 nitrogen and oxygen atoms in total.